The van der Waals surface area contributed by atoms with Crippen LogP contribution in [0.15, 0.2) is 42.7 Å². The van der Waals surface area contributed by atoms with Gasteiger partial charge in [0.25, 0.3) is 11.8 Å². The van der Waals surface area contributed by atoms with Gasteiger partial charge in [-0.2, -0.15) is 0 Å². The maximum absolute atomic E-state index is 15.3. The minimum atomic E-state index is -1.47. The lowest BCUT2D eigenvalue weighted by molar-refractivity contribution is 0.0736. The van der Waals surface area contributed by atoms with E-state index in [9.17, 15) is 22.8 Å². The van der Waals surface area contributed by atoms with Gasteiger partial charge in [0.15, 0.2) is 0 Å². The number of hydrogen-bond acceptors (Lipinski definition) is 5. The zero-order valence-electron chi connectivity index (χ0n) is 18.5. The second-order valence-corrected chi connectivity index (χ2v) is 7.67. The van der Waals surface area contributed by atoms with E-state index in [0.29, 0.717) is 26.2 Å². The fourth-order valence-electron chi connectivity index (χ4n) is 3.77. The molecule has 0 aliphatic carbocycles. The monoisotopic (exact) mass is 488 g/mol. The van der Waals surface area contributed by atoms with Gasteiger partial charge in [-0.25, -0.2) is 17.6 Å². The van der Waals surface area contributed by atoms with Crippen LogP contribution in [0.1, 0.15) is 20.7 Å². The Morgan fingerprint density at radius 3 is 2.31 bits per heavy atom. The van der Waals surface area contributed by atoms with Crippen LogP contribution in [0.25, 0.3) is 11.1 Å². The summed E-state index contributed by atoms with van der Waals surface area (Å²) in [4.78, 5) is 31.3. The molecule has 0 radical (unpaired) electrons. The molecule has 0 unspecified atom stereocenters. The SMILES string of the molecule is COc1cc(F)c(-c2c(F)ccc(C(=O)Nc3cnccc3C(=O)N3CCNCC3)c2F)c(F)c1. The van der Waals surface area contributed by atoms with E-state index in [2.05, 4.69) is 15.6 Å². The first-order valence-electron chi connectivity index (χ1n) is 10.6. The van der Waals surface area contributed by atoms with Gasteiger partial charge in [-0.3, -0.25) is 14.6 Å². The topological polar surface area (TPSA) is 83.6 Å². The number of pyridine rings is 1. The highest BCUT2D eigenvalue weighted by molar-refractivity contribution is 6.09. The molecule has 0 spiro atoms. The summed E-state index contributed by atoms with van der Waals surface area (Å²) < 4.78 is 63.6. The number of nitrogens with one attached hydrogen (secondary N) is 2. The molecule has 7 nitrogen and oxygen atoms in total. The van der Waals surface area contributed by atoms with E-state index in [1.807, 2.05) is 0 Å². The highest BCUT2D eigenvalue weighted by atomic mass is 19.1. The summed E-state index contributed by atoms with van der Waals surface area (Å²) in [6.45, 7) is 2.15. The van der Waals surface area contributed by atoms with Crippen molar-refractivity contribution in [2.45, 2.75) is 0 Å². The van der Waals surface area contributed by atoms with Crippen molar-refractivity contribution in [3.8, 4) is 16.9 Å². The Morgan fingerprint density at radius 1 is 0.971 bits per heavy atom. The first kappa shape index (κ1) is 24.1. The Labute approximate surface area is 197 Å². The van der Waals surface area contributed by atoms with Gasteiger partial charge >= 0.3 is 0 Å². The second kappa shape index (κ2) is 10.1. The van der Waals surface area contributed by atoms with Crippen LogP contribution in [0.2, 0.25) is 0 Å². The van der Waals surface area contributed by atoms with Crippen LogP contribution < -0.4 is 15.4 Å². The molecule has 0 atom stereocenters. The number of halogens is 4. The number of ether oxygens (including phenoxy) is 1. The van der Waals surface area contributed by atoms with Gasteiger partial charge in [0.2, 0.25) is 0 Å². The average Bonchev–Trinajstić information content (AvgIpc) is 2.85. The van der Waals surface area contributed by atoms with E-state index >= 15 is 4.39 Å². The first-order chi connectivity index (χ1) is 16.8. The first-order valence-corrected chi connectivity index (χ1v) is 10.6. The molecule has 11 heteroatoms. The predicted molar refractivity (Wildman–Crippen MR) is 119 cm³/mol. The smallest absolute Gasteiger partial charge is 0.258 e. The molecule has 182 valence electrons. The molecule has 3 aromatic rings. The minimum absolute atomic E-state index is 0.00752. The van der Waals surface area contributed by atoms with Gasteiger partial charge in [-0.05, 0) is 18.2 Å². The Hall–Kier alpha value is -3.99. The number of amides is 2. The highest BCUT2D eigenvalue weighted by Crippen LogP contribution is 2.35. The normalized spacial score (nSPS) is 13.5. The largest absolute Gasteiger partial charge is 0.497 e. The molecule has 2 heterocycles. The lowest BCUT2D eigenvalue weighted by Crippen LogP contribution is -2.46. The van der Waals surface area contributed by atoms with Crippen LogP contribution >= 0.6 is 0 Å². The summed E-state index contributed by atoms with van der Waals surface area (Å²) in [6.07, 6.45) is 2.59. The molecule has 0 bridgehead atoms. The van der Waals surface area contributed by atoms with Crippen LogP contribution in [0.4, 0.5) is 23.2 Å². The van der Waals surface area contributed by atoms with Gasteiger partial charge in [0.05, 0.1) is 41.2 Å². The summed E-state index contributed by atoms with van der Waals surface area (Å²) in [5.74, 6) is -6.87. The third-order valence-electron chi connectivity index (χ3n) is 5.54. The van der Waals surface area contributed by atoms with E-state index in [1.54, 1.807) is 4.90 Å². The van der Waals surface area contributed by atoms with Crippen molar-refractivity contribution in [3.05, 3.63) is 77.1 Å². The van der Waals surface area contributed by atoms with Gasteiger partial charge in [-0.15, -0.1) is 0 Å². The van der Waals surface area contributed by atoms with Crippen molar-refractivity contribution in [2.24, 2.45) is 0 Å². The summed E-state index contributed by atoms with van der Waals surface area (Å²) in [6, 6.07) is 4.53. The molecule has 0 saturated carbocycles. The Kier molecular flexibility index (Phi) is 6.97. The van der Waals surface area contributed by atoms with Crippen LogP contribution in [-0.4, -0.2) is 55.0 Å². The maximum Gasteiger partial charge on any atom is 0.258 e. The molecule has 2 amide bonds. The predicted octanol–water partition coefficient (Wildman–Crippen LogP) is 3.61. The van der Waals surface area contributed by atoms with E-state index in [0.717, 1.165) is 24.3 Å². The third kappa shape index (κ3) is 4.80. The number of piperazine rings is 1. The molecule has 4 rings (SSSR count). The van der Waals surface area contributed by atoms with Crippen LogP contribution in [-0.2, 0) is 0 Å². The van der Waals surface area contributed by atoms with Crippen molar-refractivity contribution in [1.29, 1.82) is 0 Å². The number of nitrogens with zero attached hydrogens (tertiary/aromatic N) is 2. The zero-order valence-corrected chi connectivity index (χ0v) is 18.5. The Balaban J connectivity index is 1.69. The molecule has 1 saturated heterocycles. The number of carbonyl (C=O) groups is 2. The minimum Gasteiger partial charge on any atom is -0.497 e. The van der Waals surface area contributed by atoms with Crippen molar-refractivity contribution in [3.63, 3.8) is 0 Å². The third-order valence-corrected chi connectivity index (χ3v) is 5.54. The zero-order chi connectivity index (χ0) is 25.1. The average molecular weight is 488 g/mol. The summed E-state index contributed by atoms with van der Waals surface area (Å²) >= 11 is 0. The van der Waals surface area contributed by atoms with Gasteiger partial charge in [0, 0.05) is 44.5 Å². The van der Waals surface area contributed by atoms with Crippen LogP contribution in [0, 0.1) is 23.3 Å². The van der Waals surface area contributed by atoms with Crippen molar-refractivity contribution in [1.82, 2.24) is 15.2 Å². The number of carbonyl (C=O) groups excluding carboxylic acids is 2. The lowest BCUT2D eigenvalue weighted by Gasteiger charge is -2.28. The van der Waals surface area contributed by atoms with Crippen molar-refractivity contribution in [2.75, 3.05) is 38.6 Å². The van der Waals surface area contributed by atoms with Crippen LogP contribution in [0.3, 0.4) is 0 Å². The summed E-state index contributed by atoms with van der Waals surface area (Å²) in [5, 5.41) is 5.52. The van der Waals surface area contributed by atoms with E-state index in [4.69, 9.17) is 4.74 Å². The number of benzene rings is 2. The molecule has 35 heavy (non-hydrogen) atoms. The van der Waals surface area contributed by atoms with E-state index in [1.165, 1.54) is 25.6 Å². The molecular formula is C24H20F4N4O3. The molecule has 1 fully saturated rings. The maximum atomic E-state index is 15.3. The van der Waals surface area contributed by atoms with Gasteiger partial charge in [0.1, 0.15) is 29.0 Å². The van der Waals surface area contributed by atoms with E-state index in [-0.39, 0.29) is 22.9 Å². The molecular weight excluding hydrogens is 468 g/mol. The summed E-state index contributed by atoms with van der Waals surface area (Å²) in [5.41, 5.74) is -2.57. The number of anilines is 1. The quantitative estimate of drug-likeness (QED) is 0.537. The standard InChI is InChI=1S/C24H20F4N4O3/c1-35-13-10-17(26)20(18(27)11-13)21-16(25)3-2-15(22(21)28)23(33)31-19-12-30-5-4-14(19)24(34)32-8-6-29-7-9-32/h2-5,10-12,29H,6-9H2,1H3,(H,31,33). The lowest BCUT2D eigenvalue weighted by atomic mass is 9.99. The number of hydrogen-bond donors (Lipinski definition) is 2. The summed E-state index contributed by atoms with van der Waals surface area (Å²) in [7, 11) is 1.18. The number of rotatable bonds is 5. The fourth-order valence-corrected chi connectivity index (χ4v) is 3.77. The van der Waals surface area contributed by atoms with Crippen molar-refractivity contribution < 1.29 is 31.9 Å². The molecule has 2 N–H and O–H groups in total. The fraction of sp³-hybridized carbons (Fsp3) is 0.208. The molecule has 1 aromatic heterocycles. The molecule has 1 aliphatic heterocycles. The number of aromatic nitrogens is 1. The molecule has 2 aromatic carbocycles. The Morgan fingerprint density at radius 2 is 1.66 bits per heavy atom. The Bertz CT molecular complexity index is 1270. The van der Waals surface area contributed by atoms with Gasteiger partial charge < -0.3 is 20.3 Å². The second-order valence-electron chi connectivity index (χ2n) is 7.67. The van der Waals surface area contributed by atoms with Gasteiger partial charge in [-0.1, -0.05) is 0 Å². The van der Waals surface area contributed by atoms with Crippen LogP contribution in [0.5, 0.6) is 5.75 Å². The van der Waals surface area contributed by atoms with E-state index < -0.39 is 45.9 Å². The number of methoxy groups -OCH3 is 1. The van der Waals surface area contributed by atoms with Crippen molar-refractivity contribution >= 4 is 17.5 Å². The highest BCUT2D eigenvalue weighted by Gasteiger charge is 2.27. The molecule has 1 aliphatic rings.